The van der Waals surface area contributed by atoms with Crippen molar-refractivity contribution in [2.45, 2.75) is 12.8 Å². The van der Waals surface area contributed by atoms with E-state index < -0.39 is 11.9 Å². The highest BCUT2D eigenvalue weighted by atomic mass is 16.5. The molecule has 0 saturated carbocycles. The van der Waals surface area contributed by atoms with E-state index in [0.717, 1.165) is 0 Å². The van der Waals surface area contributed by atoms with Gasteiger partial charge in [-0.05, 0) is 25.0 Å². The van der Waals surface area contributed by atoms with Gasteiger partial charge in [0, 0.05) is 0 Å². The largest absolute Gasteiger partial charge is 0.485 e. The Morgan fingerprint density at radius 2 is 1.76 bits per heavy atom. The molecule has 0 unspecified atom stereocenters. The first-order valence-corrected chi connectivity index (χ1v) is 4.95. The van der Waals surface area contributed by atoms with Crippen molar-refractivity contribution in [2.75, 3.05) is 0 Å². The van der Waals surface area contributed by atoms with Crippen LogP contribution in [0, 0.1) is 13.5 Å². The standard InChI is InChI=1S/C12H12O5/c1-2-3-7-17-10-8(11(13)14)5-4-6-9(10)12(15)16/h4-7H,1-3H2,(H,13,14)(H,15,16). The fourth-order valence-electron chi connectivity index (χ4n) is 1.23. The lowest BCUT2D eigenvalue weighted by molar-refractivity contribution is 0.0691. The molecule has 0 bridgehead atoms. The first-order valence-electron chi connectivity index (χ1n) is 4.95. The summed E-state index contributed by atoms with van der Waals surface area (Å²) in [7, 11) is 0. The summed E-state index contributed by atoms with van der Waals surface area (Å²) < 4.78 is 5.10. The zero-order valence-electron chi connectivity index (χ0n) is 9.05. The van der Waals surface area contributed by atoms with Crippen LogP contribution in [0.15, 0.2) is 18.2 Å². The summed E-state index contributed by atoms with van der Waals surface area (Å²) in [5.74, 6) is -2.61. The van der Waals surface area contributed by atoms with Gasteiger partial charge in [0.25, 0.3) is 0 Å². The van der Waals surface area contributed by atoms with Crippen molar-refractivity contribution in [1.29, 1.82) is 0 Å². The molecule has 2 radical (unpaired) electrons. The molecule has 0 spiro atoms. The number of para-hydroxylation sites is 1. The molecular weight excluding hydrogens is 224 g/mol. The van der Waals surface area contributed by atoms with Gasteiger partial charge in [0.1, 0.15) is 23.5 Å². The molecule has 0 fully saturated rings. The van der Waals surface area contributed by atoms with Crippen LogP contribution in [0.25, 0.3) is 0 Å². The van der Waals surface area contributed by atoms with Crippen LogP contribution in [-0.2, 0) is 0 Å². The molecule has 5 nitrogen and oxygen atoms in total. The molecule has 2 N–H and O–H groups in total. The van der Waals surface area contributed by atoms with Crippen molar-refractivity contribution in [1.82, 2.24) is 0 Å². The van der Waals surface area contributed by atoms with Crippen LogP contribution in [0.1, 0.15) is 33.6 Å². The zero-order valence-corrected chi connectivity index (χ0v) is 9.05. The first kappa shape index (κ1) is 13.0. The SMILES string of the molecule is [CH2]CC[CH]Oc1c(C(=O)O)cccc1C(=O)O. The molecule has 0 amide bonds. The Balaban J connectivity index is 3.10. The molecule has 0 saturated heterocycles. The van der Waals surface area contributed by atoms with E-state index in [1.807, 2.05) is 0 Å². The Kier molecular flexibility index (Phi) is 4.51. The van der Waals surface area contributed by atoms with Gasteiger partial charge in [0.2, 0.25) is 0 Å². The fourth-order valence-corrected chi connectivity index (χ4v) is 1.23. The highest BCUT2D eigenvalue weighted by Gasteiger charge is 2.19. The Bertz CT molecular complexity index is 393. The third kappa shape index (κ3) is 3.21. The first-order chi connectivity index (χ1) is 8.07. The topological polar surface area (TPSA) is 83.8 Å². The summed E-state index contributed by atoms with van der Waals surface area (Å²) in [6, 6.07) is 3.95. The Morgan fingerprint density at radius 3 is 2.18 bits per heavy atom. The summed E-state index contributed by atoms with van der Waals surface area (Å²) in [4.78, 5) is 21.9. The van der Waals surface area contributed by atoms with Crippen LogP contribution < -0.4 is 4.74 Å². The maximum absolute atomic E-state index is 10.9. The second-order valence-electron chi connectivity index (χ2n) is 3.22. The van der Waals surface area contributed by atoms with Crippen molar-refractivity contribution in [2.24, 2.45) is 0 Å². The van der Waals surface area contributed by atoms with Gasteiger partial charge in [-0.25, -0.2) is 9.59 Å². The Hall–Kier alpha value is -2.04. The maximum atomic E-state index is 10.9. The van der Waals surface area contributed by atoms with E-state index in [0.29, 0.717) is 12.8 Å². The van der Waals surface area contributed by atoms with E-state index in [-0.39, 0.29) is 16.9 Å². The van der Waals surface area contributed by atoms with Crippen molar-refractivity contribution in [3.8, 4) is 5.75 Å². The molecule has 0 atom stereocenters. The number of carbonyl (C=O) groups is 2. The van der Waals surface area contributed by atoms with Crippen LogP contribution in [0.5, 0.6) is 5.75 Å². The van der Waals surface area contributed by atoms with Gasteiger partial charge in [-0.15, -0.1) is 0 Å². The number of aromatic carboxylic acids is 2. The van der Waals surface area contributed by atoms with Crippen LogP contribution in [0.2, 0.25) is 0 Å². The molecule has 1 rings (SSSR count). The lowest BCUT2D eigenvalue weighted by Gasteiger charge is -2.10. The monoisotopic (exact) mass is 236 g/mol. The summed E-state index contributed by atoms with van der Waals surface area (Å²) in [6.45, 7) is 4.94. The average molecular weight is 236 g/mol. The highest BCUT2D eigenvalue weighted by Crippen LogP contribution is 2.25. The molecule has 17 heavy (non-hydrogen) atoms. The van der Waals surface area contributed by atoms with E-state index >= 15 is 0 Å². The van der Waals surface area contributed by atoms with E-state index in [2.05, 4.69) is 6.92 Å². The Morgan fingerprint density at radius 1 is 1.24 bits per heavy atom. The number of carboxylic acids is 2. The van der Waals surface area contributed by atoms with Crippen LogP contribution in [0.3, 0.4) is 0 Å². The fraction of sp³-hybridized carbons (Fsp3) is 0.167. The van der Waals surface area contributed by atoms with Crippen molar-refractivity contribution in [3.63, 3.8) is 0 Å². The van der Waals surface area contributed by atoms with Gasteiger partial charge in [-0.1, -0.05) is 13.0 Å². The van der Waals surface area contributed by atoms with E-state index in [1.54, 1.807) is 0 Å². The molecule has 90 valence electrons. The van der Waals surface area contributed by atoms with Crippen molar-refractivity contribution < 1.29 is 24.5 Å². The van der Waals surface area contributed by atoms with Gasteiger partial charge < -0.3 is 14.9 Å². The number of benzene rings is 1. The van der Waals surface area contributed by atoms with Crippen LogP contribution in [-0.4, -0.2) is 22.2 Å². The average Bonchev–Trinajstić information content (AvgIpc) is 2.28. The summed E-state index contributed by atoms with van der Waals surface area (Å²) in [5, 5.41) is 17.9. The van der Waals surface area contributed by atoms with Gasteiger partial charge in [0.15, 0.2) is 0 Å². The quantitative estimate of drug-likeness (QED) is 0.740. The number of carboxylic acid groups (broad SMARTS) is 2. The van der Waals surface area contributed by atoms with E-state index in [1.165, 1.54) is 24.8 Å². The van der Waals surface area contributed by atoms with Gasteiger partial charge in [-0.3, -0.25) is 0 Å². The van der Waals surface area contributed by atoms with Crippen LogP contribution >= 0.6 is 0 Å². The molecule has 0 heterocycles. The van der Waals surface area contributed by atoms with Crippen molar-refractivity contribution >= 4 is 11.9 Å². The minimum absolute atomic E-state index is 0.152. The summed E-state index contributed by atoms with van der Waals surface area (Å²) in [6.07, 6.45) is 1.09. The molecule has 0 aliphatic carbocycles. The number of ether oxygens (including phenoxy) is 1. The van der Waals surface area contributed by atoms with E-state index in [9.17, 15) is 9.59 Å². The molecular formula is C12H12O5. The molecule has 5 heteroatoms. The normalized spacial score (nSPS) is 9.94. The molecule has 1 aromatic rings. The Labute approximate surface area is 98.6 Å². The molecule has 0 aromatic heterocycles. The zero-order chi connectivity index (χ0) is 12.8. The number of hydrogen-bond donors (Lipinski definition) is 2. The summed E-state index contributed by atoms with van der Waals surface area (Å²) in [5.41, 5.74) is -0.351. The minimum Gasteiger partial charge on any atom is -0.485 e. The third-order valence-corrected chi connectivity index (χ3v) is 2.00. The maximum Gasteiger partial charge on any atom is 0.339 e. The third-order valence-electron chi connectivity index (χ3n) is 2.00. The second-order valence-corrected chi connectivity index (χ2v) is 3.22. The molecule has 1 aromatic carbocycles. The smallest absolute Gasteiger partial charge is 0.339 e. The summed E-state index contributed by atoms with van der Waals surface area (Å²) >= 11 is 0. The van der Waals surface area contributed by atoms with Crippen LogP contribution in [0.4, 0.5) is 0 Å². The number of rotatable bonds is 6. The lowest BCUT2D eigenvalue weighted by atomic mass is 10.1. The van der Waals surface area contributed by atoms with E-state index in [4.69, 9.17) is 14.9 Å². The molecule has 0 aliphatic heterocycles. The predicted molar refractivity (Wildman–Crippen MR) is 59.9 cm³/mol. The minimum atomic E-state index is -1.23. The van der Waals surface area contributed by atoms with Gasteiger partial charge in [0.05, 0.1) is 0 Å². The second kappa shape index (κ2) is 5.89. The predicted octanol–water partition coefficient (Wildman–Crippen LogP) is 2.24. The molecule has 0 aliphatic rings. The number of hydrogen-bond acceptors (Lipinski definition) is 3. The van der Waals surface area contributed by atoms with Crippen molar-refractivity contribution in [3.05, 3.63) is 42.9 Å². The van der Waals surface area contributed by atoms with Gasteiger partial charge >= 0.3 is 11.9 Å². The highest BCUT2D eigenvalue weighted by molar-refractivity contribution is 5.98. The number of unbranched alkanes of at least 4 members (excludes halogenated alkanes) is 1. The van der Waals surface area contributed by atoms with Gasteiger partial charge in [-0.2, -0.15) is 0 Å². The lowest BCUT2D eigenvalue weighted by Crippen LogP contribution is -2.08.